The molecule has 0 aliphatic heterocycles. The van der Waals surface area contributed by atoms with Gasteiger partial charge in [-0.15, -0.1) is 0 Å². The molecule has 0 saturated carbocycles. The van der Waals surface area contributed by atoms with Crippen LogP contribution in [0.4, 0.5) is 0 Å². The number of ketones is 1. The largest absolute Gasteiger partial charge is 0.309 e. The van der Waals surface area contributed by atoms with Crippen LogP contribution in [-0.4, -0.2) is 89.0 Å². The molecule has 0 unspecified atom stereocenters. The van der Waals surface area contributed by atoms with Gasteiger partial charge in [0.25, 0.3) is 10.1 Å². The van der Waals surface area contributed by atoms with Gasteiger partial charge in [0.15, 0.2) is 0 Å². The van der Waals surface area contributed by atoms with Crippen LogP contribution in [0.3, 0.4) is 0 Å². The number of rotatable bonds is 17. The minimum Gasteiger partial charge on any atom is -0.309 e. The van der Waals surface area contributed by atoms with E-state index < -0.39 is 10.1 Å². The van der Waals surface area contributed by atoms with E-state index in [4.69, 9.17) is 4.55 Å². The second-order valence-electron chi connectivity index (χ2n) is 6.29. The second-order valence-corrected chi connectivity index (χ2v) is 7.86. The van der Waals surface area contributed by atoms with E-state index in [1.807, 2.05) is 0 Å². The number of hydrogen-bond donors (Lipinski definition) is 2. The Morgan fingerprint density at radius 2 is 1.33 bits per heavy atom. The van der Waals surface area contributed by atoms with Crippen LogP contribution in [0, 0.1) is 0 Å². The first-order valence-electron chi connectivity index (χ1n) is 9.13. The molecule has 24 heavy (non-hydrogen) atoms. The number of unbranched alkanes of at least 4 members (excludes halogenated alkanes) is 10. The zero-order chi connectivity index (χ0) is 17.4. The Bertz CT molecular complexity index is 388. The van der Waals surface area contributed by atoms with Crippen molar-refractivity contribution in [2.75, 3.05) is 18.8 Å². The molecule has 0 aliphatic carbocycles. The van der Waals surface area contributed by atoms with Crippen LogP contribution in [-0.2, 0) is 14.9 Å². The minimum absolute atomic E-state index is 0. The second kappa shape index (κ2) is 19.0. The standard InChI is InChI=1S/C17H35NO4S.K/c1-2-3-4-5-6-7-8-9-10-11-12-13-17(19)16-18-14-15-23(20,21)22;/h18H,2-16H2,1H3,(H,20,21,22);. The van der Waals surface area contributed by atoms with Gasteiger partial charge in [-0.25, -0.2) is 0 Å². The monoisotopic (exact) mass is 388 g/mol. The Hall–Kier alpha value is 1.18. The normalized spacial score (nSPS) is 11.2. The summed E-state index contributed by atoms with van der Waals surface area (Å²) in [6.07, 6.45) is 14.4. The van der Waals surface area contributed by atoms with Crippen LogP contribution in [0.25, 0.3) is 0 Å². The molecule has 0 aliphatic rings. The number of nitrogens with one attached hydrogen (secondary N) is 1. The van der Waals surface area contributed by atoms with E-state index in [-0.39, 0.29) is 76.0 Å². The molecule has 1 radical (unpaired) electrons. The van der Waals surface area contributed by atoms with Gasteiger partial charge in [0, 0.05) is 64.4 Å². The number of Topliss-reactive ketones (excluding diaryl/α,β-unsaturated/α-hetero) is 1. The number of hydrogen-bond acceptors (Lipinski definition) is 4. The van der Waals surface area contributed by atoms with Crippen LogP contribution >= 0.6 is 0 Å². The maximum absolute atomic E-state index is 11.6. The fourth-order valence-corrected chi connectivity index (χ4v) is 2.91. The molecule has 0 aromatic carbocycles. The summed E-state index contributed by atoms with van der Waals surface area (Å²) in [4.78, 5) is 11.6. The predicted octanol–water partition coefficient (Wildman–Crippen LogP) is 3.35. The molecule has 0 aromatic rings. The Kier molecular flexibility index (Phi) is 21.6. The van der Waals surface area contributed by atoms with Gasteiger partial charge in [0.1, 0.15) is 5.78 Å². The minimum atomic E-state index is -3.93. The Morgan fingerprint density at radius 1 is 0.875 bits per heavy atom. The summed E-state index contributed by atoms with van der Waals surface area (Å²) in [5.41, 5.74) is 0. The molecular formula is C17H35KNO4S. The van der Waals surface area contributed by atoms with Crippen LogP contribution in [0.2, 0.25) is 0 Å². The molecule has 0 spiro atoms. The van der Waals surface area contributed by atoms with Crippen molar-refractivity contribution >= 4 is 67.3 Å². The predicted molar refractivity (Wildman–Crippen MR) is 101 cm³/mol. The van der Waals surface area contributed by atoms with E-state index >= 15 is 0 Å². The van der Waals surface area contributed by atoms with Crippen molar-refractivity contribution in [1.82, 2.24) is 5.32 Å². The van der Waals surface area contributed by atoms with Gasteiger partial charge in [-0.1, -0.05) is 71.1 Å². The van der Waals surface area contributed by atoms with E-state index in [0.717, 1.165) is 12.8 Å². The van der Waals surface area contributed by atoms with Gasteiger partial charge >= 0.3 is 0 Å². The van der Waals surface area contributed by atoms with Crippen molar-refractivity contribution in [3.05, 3.63) is 0 Å². The first-order valence-corrected chi connectivity index (χ1v) is 10.7. The quantitative estimate of drug-likeness (QED) is 0.227. The number of carbonyl (C=O) groups excluding carboxylic acids is 1. The molecule has 0 heterocycles. The van der Waals surface area contributed by atoms with E-state index in [0.29, 0.717) is 6.42 Å². The Morgan fingerprint density at radius 3 is 1.79 bits per heavy atom. The molecule has 7 heteroatoms. The first-order chi connectivity index (χ1) is 11.0. The van der Waals surface area contributed by atoms with Gasteiger partial charge in [-0.05, 0) is 6.42 Å². The zero-order valence-corrected chi connectivity index (χ0v) is 19.6. The Balaban J connectivity index is 0. The fourth-order valence-electron chi connectivity index (χ4n) is 2.50. The van der Waals surface area contributed by atoms with E-state index in [1.54, 1.807) is 0 Å². The van der Waals surface area contributed by atoms with E-state index in [2.05, 4.69) is 12.2 Å². The molecule has 5 nitrogen and oxygen atoms in total. The molecule has 0 saturated heterocycles. The molecular weight excluding hydrogens is 353 g/mol. The van der Waals surface area contributed by atoms with Crippen LogP contribution in [0.15, 0.2) is 0 Å². The van der Waals surface area contributed by atoms with E-state index in [9.17, 15) is 13.2 Å². The van der Waals surface area contributed by atoms with Crippen molar-refractivity contribution in [3.8, 4) is 0 Å². The van der Waals surface area contributed by atoms with Crippen molar-refractivity contribution in [2.45, 2.75) is 84.0 Å². The van der Waals surface area contributed by atoms with E-state index in [1.165, 1.54) is 57.8 Å². The molecule has 0 fully saturated rings. The fraction of sp³-hybridized carbons (Fsp3) is 0.941. The smallest absolute Gasteiger partial charge is 0.266 e. The van der Waals surface area contributed by atoms with Gasteiger partial charge < -0.3 is 5.32 Å². The third kappa shape index (κ3) is 23.2. The van der Waals surface area contributed by atoms with Gasteiger partial charge in [-0.2, -0.15) is 8.42 Å². The summed E-state index contributed by atoms with van der Waals surface area (Å²) in [5, 5.41) is 2.74. The van der Waals surface area contributed by atoms with Gasteiger partial charge in [0.05, 0.1) is 12.3 Å². The molecule has 2 N–H and O–H groups in total. The molecule has 0 atom stereocenters. The summed E-state index contributed by atoms with van der Waals surface area (Å²) in [6.45, 7) is 2.54. The maximum Gasteiger partial charge on any atom is 0.266 e. The van der Waals surface area contributed by atoms with Crippen LogP contribution in [0.1, 0.15) is 84.0 Å². The average Bonchev–Trinajstić information content (AvgIpc) is 2.48. The maximum atomic E-state index is 11.6. The molecule has 0 bridgehead atoms. The molecule has 0 aromatic heterocycles. The van der Waals surface area contributed by atoms with Crippen molar-refractivity contribution in [3.63, 3.8) is 0 Å². The van der Waals surface area contributed by atoms with Crippen molar-refractivity contribution in [2.24, 2.45) is 0 Å². The zero-order valence-electron chi connectivity index (χ0n) is 15.7. The SMILES string of the molecule is CCCCCCCCCCCCCC(=O)CNCCS(=O)(=O)O.[K]. The molecule has 0 amide bonds. The van der Waals surface area contributed by atoms with Gasteiger partial charge in [-0.3, -0.25) is 9.35 Å². The number of carbonyl (C=O) groups is 1. The topological polar surface area (TPSA) is 83.5 Å². The van der Waals surface area contributed by atoms with Crippen molar-refractivity contribution < 1.29 is 17.8 Å². The summed E-state index contributed by atoms with van der Waals surface area (Å²) in [5.74, 6) is -0.241. The van der Waals surface area contributed by atoms with Crippen LogP contribution in [0.5, 0.6) is 0 Å². The third-order valence-corrected chi connectivity index (χ3v) is 4.64. The summed E-state index contributed by atoms with van der Waals surface area (Å²) >= 11 is 0. The molecule has 139 valence electrons. The first kappa shape index (κ1) is 27.4. The summed E-state index contributed by atoms with van der Waals surface area (Å²) in [6, 6.07) is 0. The third-order valence-electron chi connectivity index (χ3n) is 3.92. The Labute approximate surface area is 191 Å². The molecule has 0 rings (SSSR count). The summed E-state index contributed by atoms with van der Waals surface area (Å²) in [7, 11) is -3.93. The van der Waals surface area contributed by atoms with Crippen LogP contribution < -0.4 is 5.32 Å². The van der Waals surface area contributed by atoms with Crippen molar-refractivity contribution in [1.29, 1.82) is 0 Å². The van der Waals surface area contributed by atoms with Gasteiger partial charge in [0.2, 0.25) is 0 Å². The summed E-state index contributed by atoms with van der Waals surface area (Å²) < 4.78 is 29.5. The average molecular weight is 389 g/mol.